The molecule has 0 aliphatic heterocycles. The van der Waals surface area contributed by atoms with Crippen molar-refractivity contribution in [1.29, 1.82) is 0 Å². The van der Waals surface area contributed by atoms with E-state index in [0.29, 0.717) is 13.0 Å². The Morgan fingerprint density at radius 2 is 2.00 bits per heavy atom. The maximum absolute atomic E-state index is 11.8. The Balaban J connectivity index is 1.86. The average molecular weight is 255 g/mol. The minimum absolute atomic E-state index is 0.0195. The van der Waals surface area contributed by atoms with Crippen LogP contribution in [0.2, 0.25) is 0 Å². The lowest BCUT2D eigenvalue weighted by molar-refractivity contribution is -0.120. The van der Waals surface area contributed by atoms with Crippen LogP contribution in [0, 0.1) is 13.8 Å². The highest BCUT2D eigenvalue weighted by Crippen LogP contribution is 2.01. The molecule has 1 N–H and O–H groups in total. The van der Waals surface area contributed by atoms with Gasteiger partial charge in [-0.15, -0.1) is 0 Å². The number of pyridine rings is 2. The van der Waals surface area contributed by atoms with Crippen molar-refractivity contribution in [3.63, 3.8) is 0 Å². The number of nitrogens with one attached hydrogen (secondary N) is 1. The van der Waals surface area contributed by atoms with Gasteiger partial charge in [-0.1, -0.05) is 12.1 Å². The summed E-state index contributed by atoms with van der Waals surface area (Å²) in [5.41, 5.74) is 3.69. The van der Waals surface area contributed by atoms with E-state index in [1.54, 1.807) is 6.20 Å². The Morgan fingerprint density at radius 3 is 2.68 bits per heavy atom. The van der Waals surface area contributed by atoms with Crippen molar-refractivity contribution < 1.29 is 4.79 Å². The van der Waals surface area contributed by atoms with Crippen LogP contribution < -0.4 is 5.32 Å². The average Bonchev–Trinajstić information content (AvgIpc) is 2.39. The van der Waals surface area contributed by atoms with E-state index in [4.69, 9.17) is 0 Å². The molecule has 0 aliphatic carbocycles. The molecule has 0 radical (unpaired) electrons. The first-order chi connectivity index (χ1) is 9.13. The van der Waals surface area contributed by atoms with Crippen LogP contribution in [-0.2, 0) is 17.8 Å². The monoisotopic (exact) mass is 255 g/mol. The number of carbonyl (C=O) groups excluding carboxylic acids is 1. The number of nitrogens with zero attached hydrogens (tertiary/aromatic N) is 2. The second-order valence-electron chi connectivity index (χ2n) is 4.53. The SMILES string of the molecule is Cc1ccc(CC(=O)NCc2cccc(C)n2)cn1. The van der Waals surface area contributed by atoms with E-state index >= 15 is 0 Å². The van der Waals surface area contributed by atoms with Gasteiger partial charge in [0.25, 0.3) is 0 Å². The van der Waals surface area contributed by atoms with E-state index in [1.165, 1.54) is 0 Å². The number of rotatable bonds is 4. The molecule has 0 saturated carbocycles. The third-order valence-corrected chi connectivity index (χ3v) is 2.75. The molecule has 2 aromatic rings. The minimum Gasteiger partial charge on any atom is -0.350 e. The zero-order valence-electron chi connectivity index (χ0n) is 11.2. The molecule has 0 atom stereocenters. The molecular formula is C15H17N3O. The van der Waals surface area contributed by atoms with Crippen LogP contribution >= 0.6 is 0 Å². The lowest BCUT2D eigenvalue weighted by atomic mass is 10.2. The van der Waals surface area contributed by atoms with Crippen molar-refractivity contribution in [1.82, 2.24) is 15.3 Å². The van der Waals surface area contributed by atoms with Crippen LogP contribution in [0.3, 0.4) is 0 Å². The highest BCUT2D eigenvalue weighted by atomic mass is 16.1. The molecule has 2 aromatic heterocycles. The predicted molar refractivity (Wildman–Crippen MR) is 73.5 cm³/mol. The fourth-order valence-electron chi connectivity index (χ4n) is 1.74. The summed E-state index contributed by atoms with van der Waals surface area (Å²) in [5, 5.41) is 2.86. The molecule has 0 saturated heterocycles. The van der Waals surface area contributed by atoms with Crippen LogP contribution in [0.15, 0.2) is 36.5 Å². The van der Waals surface area contributed by atoms with Crippen molar-refractivity contribution in [2.45, 2.75) is 26.8 Å². The second kappa shape index (κ2) is 6.09. The van der Waals surface area contributed by atoms with Gasteiger partial charge < -0.3 is 5.32 Å². The van der Waals surface area contributed by atoms with Gasteiger partial charge in [0.2, 0.25) is 5.91 Å². The fraction of sp³-hybridized carbons (Fsp3) is 0.267. The van der Waals surface area contributed by atoms with Crippen LogP contribution in [0.1, 0.15) is 22.6 Å². The maximum atomic E-state index is 11.8. The summed E-state index contributed by atoms with van der Waals surface area (Å²) >= 11 is 0. The number of carbonyl (C=O) groups is 1. The Hall–Kier alpha value is -2.23. The lowest BCUT2D eigenvalue weighted by Gasteiger charge is -2.05. The van der Waals surface area contributed by atoms with Gasteiger partial charge in [-0.2, -0.15) is 0 Å². The summed E-state index contributed by atoms with van der Waals surface area (Å²) in [6.45, 7) is 4.32. The molecule has 4 heteroatoms. The second-order valence-corrected chi connectivity index (χ2v) is 4.53. The summed E-state index contributed by atoms with van der Waals surface area (Å²) < 4.78 is 0. The summed E-state index contributed by atoms with van der Waals surface area (Å²) in [5.74, 6) is -0.0195. The first kappa shape index (κ1) is 13.2. The Morgan fingerprint density at radius 1 is 1.16 bits per heavy atom. The first-order valence-electron chi connectivity index (χ1n) is 6.24. The Labute approximate surface area is 112 Å². The third kappa shape index (κ3) is 4.17. The zero-order chi connectivity index (χ0) is 13.7. The molecule has 0 spiro atoms. The smallest absolute Gasteiger partial charge is 0.224 e. The molecule has 4 nitrogen and oxygen atoms in total. The molecule has 0 aliphatic rings. The molecule has 98 valence electrons. The highest BCUT2D eigenvalue weighted by molar-refractivity contribution is 5.78. The van der Waals surface area contributed by atoms with Crippen LogP contribution in [-0.4, -0.2) is 15.9 Å². The molecule has 0 unspecified atom stereocenters. The zero-order valence-corrected chi connectivity index (χ0v) is 11.2. The van der Waals surface area contributed by atoms with Gasteiger partial charge in [0.15, 0.2) is 0 Å². The largest absolute Gasteiger partial charge is 0.350 e. The predicted octanol–water partition coefficient (Wildman–Crippen LogP) is 1.95. The molecular weight excluding hydrogens is 238 g/mol. The number of hydrogen-bond acceptors (Lipinski definition) is 3. The molecule has 2 rings (SSSR count). The van der Waals surface area contributed by atoms with Crippen LogP contribution in [0.4, 0.5) is 0 Å². The molecule has 0 bridgehead atoms. The van der Waals surface area contributed by atoms with E-state index in [2.05, 4.69) is 15.3 Å². The van der Waals surface area contributed by atoms with Crippen molar-refractivity contribution in [2.75, 3.05) is 0 Å². The summed E-state index contributed by atoms with van der Waals surface area (Å²) in [4.78, 5) is 20.3. The highest BCUT2D eigenvalue weighted by Gasteiger charge is 2.04. The van der Waals surface area contributed by atoms with E-state index in [1.807, 2.05) is 44.2 Å². The fourth-order valence-corrected chi connectivity index (χ4v) is 1.74. The molecule has 2 heterocycles. The van der Waals surface area contributed by atoms with Gasteiger partial charge in [0.05, 0.1) is 18.7 Å². The quantitative estimate of drug-likeness (QED) is 0.908. The molecule has 0 fully saturated rings. The van der Waals surface area contributed by atoms with E-state index in [-0.39, 0.29) is 5.91 Å². The molecule has 1 amide bonds. The van der Waals surface area contributed by atoms with E-state index in [9.17, 15) is 4.79 Å². The van der Waals surface area contributed by atoms with Crippen LogP contribution in [0.5, 0.6) is 0 Å². The van der Waals surface area contributed by atoms with Gasteiger partial charge in [0.1, 0.15) is 0 Å². The van der Waals surface area contributed by atoms with Gasteiger partial charge in [-0.3, -0.25) is 14.8 Å². The van der Waals surface area contributed by atoms with Crippen molar-refractivity contribution in [3.05, 3.63) is 59.2 Å². The number of aryl methyl sites for hydroxylation is 2. The minimum atomic E-state index is -0.0195. The van der Waals surface area contributed by atoms with Gasteiger partial charge in [-0.05, 0) is 37.6 Å². The Bertz CT molecular complexity index is 564. The number of hydrogen-bond donors (Lipinski definition) is 1. The van der Waals surface area contributed by atoms with Crippen molar-refractivity contribution >= 4 is 5.91 Å². The first-order valence-corrected chi connectivity index (χ1v) is 6.24. The van der Waals surface area contributed by atoms with E-state index in [0.717, 1.165) is 22.6 Å². The topological polar surface area (TPSA) is 54.9 Å². The van der Waals surface area contributed by atoms with Gasteiger partial charge >= 0.3 is 0 Å². The summed E-state index contributed by atoms with van der Waals surface area (Å²) in [6, 6.07) is 9.61. The van der Waals surface area contributed by atoms with Crippen LogP contribution in [0.25, 0.3) is 0 Å². The lowest BCUT2D eigenvalue weighted by Crippen LogP contribution is -2.25. The number of amides is 1. The normalized spacial score (nSPS) is 10.2. The summed E-state index contributed by atoms with van der Waals surface area (Å²) in [7, 11) is 0. The third-order valence-electron chi connectivity index (χ3n) is 2.75. The standard InChI is InChI=1S/C15H17N3O/c1-11-6-7-13(9-16-11)8-15(19)17-10-14-5-3-4-12(2)18-14/h3-7,9H,8,10H2,1-2H3,(H,17,19). The molecule has 0 aromatic carbocycles. The van der Waals surface area contributed by atoms with E-state index < -0.39 is 0 Å². The molecule has 19 heavy (non-hydrogen) atoms. The maximum Gasteiger partial charge on any atom is 0.224 e. The van der Waals surface area contributed by atoms with Gasteiger partial charge in [-0.25, -0.2) is 0 Å². The Kier molecular flexibility index (Phi) is 4.23. The number of aromatic nitrogens is 2. The van der Waals surface area contributed by atoms with Crippen molar-refractivity contribution in [3.8, 4) is 0 Å². The van der Waals surface area contributed by atoms with Crippen molar-refractivity contribution in [2.24, 2.45) is 0 Å². The van der Waals surface area contributed by atoms with Gasteiger partial charge in [0, 0.05) is 17.6 Å². The summed E-state index contributed by atoms with van der Waals surface area (Å²) in [6.07, 6.45) is 2.08.